The summed E-state index contributed by atoms with van der Waals surface area (Å²) in [4.78, 5) is 19.4. The molecule has 2 aromatic heterocycles. The molecule has 0 aromatic carbocycles. The monoisotopic (exact) mass is 263 g/mol. The van der Waals surface area contributed by atoms with Crippen molar-refractivity contribution in [2.45, 2.75) is 26.2 Å². The SMILES string of the molecule is CC(C)(C)c1nc(C(=O)Nc2ccc(F)nc2)n[nH]1. The van der Waals surface area contributed by atoms with Gasteiger partial charge >= 0.3 is 0 Å². The average molecular weight is 263 g/mol. The summed E-state index contributed by atoms with van der Waals surface area (Å²) in [5, 5.41) is 9.11. The van der Waals surface area contributed by atoms with E-state index < -0.39 is 11.9 Å². The fourth-order valence-corrected chi connectivity index (χ4v) is 1.34. The van der Waals surface area contributed by atoms with Crippen LogP contribution in [0.15, 0.2) is 18.3 Å². The predicted octanol–water partition coefficient (Wildman–Crippen LogP) is 1.89. The normalized spacial score (nSPS) is 11.4. The number of anilines is 1. The van der Waals surface area contributed by atoms with Gasteiger partial charge in [0.2, 0.25) is 11.8 Å². The summed E-state index contributed by atoms with van der Waals surface area (Å²) in [5.41, 5.74) is 0.164. The second kappa shape index (κ2) is 4.75. The number of carbonyl (C=O) groups is 1. The Labute approximate surface area is 109 Å². The third kappa shape index (κ3) is 3.12. The molecule has 0 bridgehead atoms. The molecule has 2 rings (SSSR count). The highest BCUT2D eigenvalue weighted by atomic mass is 19.1. The molecule has 2 N–H and O–H groups in total. The minimum Gasteiger partial charge on any atom is -0.318 e. The maximum absolute atomic E-state index is 12.6. The van der Waals surface area contributed by atoms with Crippen molar-refractivity contribution in [2.24, 2.45) is 0 Å². The number of aromatic nitrogens is 4. The summed E-state index contributed by atoms with van der Waals surface area (Å²) < 4.78 is 12.6. The first kappa shape index (κ1) is 13.1. The highest BCUT2D eigenvalue weighted by molar-refractivity contribution is 6.01. The van der Waals surface area contributed by atoms with E-state index in [9.17, 15) is 9.18 Å². The van der Waals surface area contributed by atoms with Gasteiger partial charge in [0.05, 0.1) is 11.9 Å². The molecule has 7 heteroatoms. The molecule has 19 heavy (non-hydrogen) atoms. The van der Waals surface area contributed by atoms with Crippen LogP contribution in [0.2, 0.25) is 0 Å². The van der Waals surface area contributed by atoms with Crippen LogP contribution in [-0.4, -0.2) is 26.1 Å². The van der Waals surface area contributed by atoms with Crippen LogP contribution in [0.25, 0.3) is 0 Å². The molecule has 0 aliphatic rings. The molecule has 0 aliphatic carbocycles. The van der Waals surface area contributed by atoms with Crippen molar-refractivity contribution in [3.05, 3.63) is 35.9 Å². The average Bonchev–Trinajstić information content (AvgIpc) is 2.81. The zero-order chi connectivity index (χ0) is 14.0. The summed E-state index contributed by atoms with van der Waals surface area (Å²) in [6.07, 6.45) is 1.23. The standard InChI is InChI=1S/C12H14FN5O/c1-12(2,3)11-16-9(17-18-11)10(19)15-7-4-5-8(13)14-6-7/h4-6H,1-3H3,(H,15,19)(H,16,17,18). The Morgan fingerprint density at radius 3 is 2.63 bits per heavy atom. The summed E-state index contributed by atoms with van der Waals surface area (Å²) in [7, 11) is 0. The summed E-state index contributed by atoms with van der Waals surface area (Å²) in [6.45, 7) is 5.87. The number of nitrogens with zero attached hydrogens (tertiary/aromatic N) is 3. The first-order valence-corrected chi connectivity index (χ1v) is 5.72. The minimum absolute atomic E-state index is 0.0363. The van der Waals surface area contributed by atoms with Gasteiger partial charge in [0.15, 0.2) is 0 Å². The van der Waals surface area contributed by atoms with E-state index in [0.29, 0.717) is 11.5 Å². The van der Waals surface area contributed by atoms with Gasteiger partial charge in [-0.25, -0.2) is 9.97 Å². The number of rotatable bonds is 2. The van der Waals surface area contributed by atoms with E-state index in [2.05, 4.69) is 25.5 Å². The predicted molar refractivity (Wildman–Crippen MR) is 67.2 cm³/mol. The molecule has 2 aromatic rings. The van der Waals surface area contributed by atoms with Crippen molar-refractivity contribution in [2.75, 3.05) is 5.32 Å². The van der Waals surface area contributed by atoms with Crippen molar-refractivity contribution in [1.82, 2.24) is 20.2 Å². The molecule has 0 radical (unpaired) electrons. The zero-order valence-electron chi connectivity index (χ0n) is 10.9. The lowest BCUT2D eigenvalue weighted by atomic mass is 9.96. The van der Waals surface area contributed by atoms with E-state index in [4.69, 9.17) is 0 Å². The van der Waals surface area contributed by atoms with Crippen LogP contribution in [-0.2, 0) is 5.41 Å². The lowest BCUT2D eigenvalue weighted by molar-refractivity contribution is 0.101. The van der Waals surface area contributed by atoms with Crippen LogP contribution in [0.5, 0.6) is 0 Å². The molecule has 0 saturated heterocycles. The Balaban J connectivity index is 2.12. The van der Waals surface area contributed by atoms with E-state index in [1.165, 1.54) is 12.3 Å². The van der Waals surface area contributed by atoms with Crippen LogP contribution in [0.3, 0.4) is 0 Å². The third-order valence-electron chi connectivity index (χ3n) is 2.38. The van der Waals surface area contributed by atoms with Gasteiger partial charge in [-0.1, -0.05) is 20.8 Å². The van der Waals surface area contributed by atoms with Gasteiger partial charge in [0, 0.05) is 5.41 Å². The van der Waals surface area contributed by atoms with Crippen molar-refractivity contribution in [3.63, 3.8) is 0 Å². The highest BCUT2D eigenvalue weighted by Crippen LogP contribution is 2.17. The molecule has 6 nitrogen and oxygen atoms in total. The number of hydrogen-bond acceptors (Lipinski definition) is 4. The van der Waals surface area contributed by atoms with Crippen LogP contribution in [0.4, 0.5) is 10.1 Å². The fourth-order valence-electron chi connectivity index (χ4n) is 1.34. The van der Waals surface area contributed by atoms with Crippen molar-refractivity contribution in [3.8, 4) is 0 Å². The van der Waals surface area contributed by atoms with Gasteiger partial charge in [-0.3, -0.25) is 9.89 Å². The first-order chi connectivity index (χ1) is 8.86. The van der Waals surface area contributed by atoms with E-state index in [1.807, 2.05) is 20.8 Å². The topological polar surface area (TPSA) is 83.6 Å². The second-order valence-corrected chi connectivity index (χ2v) is 5.08. The number of aromatic amines is 1. The molecular formula is C12H14FN5O. The Morgan fingerprint density at radius 2 is 2.11 bits per heavy atom. The fraction of sp³-hybridized carbons (Fsp3) is 0.333. The third-order valence-corrected chi connectivity index (χ3v) is 2.38. The lowest BCUT2D eigenvalue weighted by Gasteiger charge is -2.12. The molecule has 0 aliphatic heterocycles. The van der Waals surface area contributed by atoms with Crippen LogP contribution in [0.1, 0.15) is 37.2 Å². The number of pyridine rings is 1. The largest absolute Gasteiger partial charge is 0.318 e. The zero-order valence-corrected chi connectivity index (χ0v) is 10.9. The molecule has 0 atom stereocenters. The van der Waals surface area contributed by atoms with Crippen molar-refractivity contribution in [1.29, 1.82) is 0 Å². The molecule has 2 heterocycles. The second-order valence-electron chi connectivity index (χ2n) is 5.08. The molecule has 1 amide bonds. The summed E-state index contributed by atoms with van der Waals surface area (Å²) >= 11 is 0. The van der Waals surface area contributed by atoms with Gasteiger partial charge < -0.3 is 5.32 Å². The number of carbonyl (C=O) groups excluding carboxylic acids is 1. The minimum atomic E-state index is -0.606. The maximum Gasteiger partial charge on any atom is 0.295 e. The van der Waals surface area contributed by atoms with Gasteiger partial charge in [0.25, 0.3) is 5.91 Å². The van der Waals surface area contributed by atoms with Gasteiger partial charge in [-0.15, -0.1) is 5.10 Å². The van der Waals surface area contributed by atoms with Crippen molar-refractivity contribution < 1.29 is 9.18 Å². The van der Waals surface area contributed by atoms with E-state index in [-0.39, 0.29) is 11.2 Å². The first-order valence-electron chi connectivity index (χ1n) is 5.72. The molecular weight excluding hydrogens is 249 g/mol. The van der Waals surface area contributed by atoms with E-state index in [1.54, 1.807) is 0 Å². The molecule has 0 saturated carbocycles. The highest BCUT2D eigenvalue weighted by Gasteiger charge is 2.21. The van der Waals surface area contributed by atoms with Gasteiger partial charge in [-0.2, -0.15) is 4.39 Å². The Bertz CT molecular complexity index is 585. The van der Waals surface area contributed by atoms with E-state index in [0.717, 1.165) is 6.07 Å². The summed E-state index contributed by atoms with van der Waals surface area (Å²) in [6, 6.07) is 2.58. The smallest absolute Gasteiger partial charge is 0.295 e. The van der Waals surface area contributed by atoms with Crippen LogP contribution >= 0.6 is 0 Å². The van der Waals surface area contributed by atoms with Crippen LogP contribution < -0.4 is 5.32 Å². The number of nitrogens with one attached hydrogen (secondary N) is 2. The Hall–Kier alpha value is -2.31. The molecule has 0 spiro atoms. The molecule has 0 unspecified atom stereocenters. The lowest BCUT2D eigenvalue weighted by Crippen LogP contribution is -2.16. The number of amides is 1. The molecule has 100 valence electrons. The number of hydrogen-bond donors (Lipinski definition) is 2. The van der Waals surface area contributed by atoms with Crippen molar-refractivity contribution >= 4 is 11.6 Å². The van der Waals surface area contributed by atoms with Gasteiger partial charge in [0.1, 0.15) is 5.82 Å². The Kier molecular flexibility index (Phi) is 3.28. The van der Waals surface area contributed by atoms with Crippen LogP contribution in [0, 0.1) is 5.95 Å². The van der Waals surface area contributed by atoms with Gasteiger partial charge in [-0.05, 0) is 12.1 Å². The Morgan fingerprint density at radius 1 is 1.37 bits per heavy atom. The number of H-pyrrole nitrogens is 1. The molecule has 0 fully saturated rings. The summed E-state index contributed by atoms with van der Waals surface area (Å²) in [5.74, 6) is -0.421. The van der Waals surface area contributed by atoms with E-state index >= 15 is 0 Å². The maximum atomic E-state index is 12.6. The number of halogens is 1. The quantitative estimate of drug-likeness (QED) is 0.810.